The summed E-state index contributed by atoms with van der Waals surface area (Å²) >= 11 is 0. The molecule has 110 valence electrons. The average Bonchev–Trinajstić information content (AvgIpc) is 2.78. The van der Waals surface area contributed by atoms with Gasteiger partial charge in [0, 0.05) is 12.1 Å². The fourth-order valence-corrected chi connectivity index (χ4v) is 3.94. The number of methoxy groups -OCH3 is 1. The van der Waals surface area contributed by atoms with Crippen molar-refractivity contribution in [2.24, 2.45) is 5.41 Å². The molecule has 2 heteroatoms. The predicted octanol–water partition coefficient (Wildman–Crippen LogP) is 4.24. The Hall–Kier alpha value is -1.02. The highest BCUT2D eigenvalue weighted by molar-refractivity contribution is 5.39. The summed E-state index contributed by atoms with van der Waals surface area (Å²) in [6, 6.07) is 7.80. The van der Waals surface area contributed by atoms with Crippen molar-refractivity contribution in [1.82, 2.24) is 5.32 Å². The zero-order valence-electron chi connectivity index (χ0n) is 13.0. The van der Waals surface area contributed by atoms with Gasteiger partial charge in [0.25, 0.3) is 0 Å². The third-order valence-electron chi connectivity index (χ3n) is 5.07. The Balaban J connectivity index is 1.76. The zero-order chi connectivity index (χ0) is 14.2. The molecule has 2 unspecified atom stereocenters. The van der Waals surface area contributed by atoms with E-state index in [1.54, 1.807) is 7.11 Å². The summed E-state index contributed by atoms with van der Waals surface area (Å²) in [7, 11) is 1.76. The molecule has 0 aromatic heterocycles. The van der Waals surface area contributed by atoms with Crippen LogP contribution in [-0.4, -0.2) is 13.2 Å². The number of nitrogens with one attached hydrogen (secondary N) is 1. The van der Waals surface area contributed by atoms with Crippen molar-refractivity contribution >= 4 is 0 Å². The van der Waals surface area contributed by atoms with Crippen LogP contribution in [-0.2, 0) is 6.42 Å². The molecule has 20 heavy (non-hydrogen) atoms. The standard InChI is InChI=1S/C18H27NO/c1-18(2)10-9-14(12-18)19-17-6-4-5-13-7-8-15(20-3)11-16(13)17/h7-8,11,14,17,19H,4-6,9-10,12H2,1-3H3. The number of hydrogen-bond donors (Lipinski definition) is 1. The lowest BCUT2D eigenvalue weighted by molar-refractivity contribution is 0.341. The number of aryl methyl sites for hydroxylation is 1. The van der Waals surface area contributed by atoms with Crippen LogP contribution in [0.25, 0.3) is 0 Å². The van der Waals surface area contributed by atoms with Gasteiger partial charge in [-0.25, -0.2) is 0 Å². The van der Waals surface area contributed by atoms with Crippen LogP contribution >= 0.6 is 0 Å². The van der Waals surface area contributed by atoms with Gasteiger partial charge in [0.1, 0.15) is 5.75 Å². The maximum Gasteiger partial charge on any atom is 0.119 e. The molecule has 1 aromatic rings. The van der Waals surface area contributed by atoms with Gasteiger partial charge in [-0.1, -0.05) is 19.9 Å². The molecule has 1 aromatic carbocycles. The van der Waals surface area contributed by atoms with Gasteiger partial charge in [0.2, 0.25) is 0 Å². The Morgan fingerprint density at radius 3 is 2.80 bits per heavy atom. The Labute approximate surface area is 122 Å². The van der Waals surface area contributed by atoms with E-state index in [-0.39, 0.29) is 0 Å². The molecule has 1 N–H and O–H groups in total. The topological polar surface area (TPSA) is 21.3 Å². The Bertz CT molecular complexity index is 480. The minimum atomic E-state index is 0.517. The second kappa shape index (κ2) is 5.40. The first kappa shape index (κ1) is 13.9. The van der Waals surface area contributed by atoms with Crippen LogP contribution in [0.5, 0.6) is 5.75 Å². The van der Waals surface area contributed by atoms with Gasteiger partial charge in [-0.2, -0.15) is 0 Å². The highest BCUT2D eigenvalue weighted by atomic mass is 16.5. The smallest absolute Gasteiger partial charge is 0.119 e. The monoisotopic (exact) mass is 273 g/mol. The van der Waals surface area contributed by atoms with Gasteiger partial charge in [-0.15, -0.1) is 0 Å². The maximum atomic E-state index is 5.40. The quantitative estimate of drug-likeness (QED) is 0.889. The van der Waals surface area contributed by atoms with Crippen LogP contribution in [0.4, 0.5) is 0 Å². The van der Waals surface area contributed by atoms with E-state index in [9.17, 15) is 0 Å². The van der Waals surface area contributed by atoms with Crippen LogP contribution in [0.15, 0.2) is 18.2 Å². The molecule has 2 aliphatic carbocycles. The molecule has 2 atom stereocenters. The highest BCUT2D eigenvalue weighted by Gasteiger charge is 2.33. The molecule has 0 aliphatic heterocycles. The zero-order valence-corrected chi connectivity index (χ0v) is 13.0. The molecule has 1 saturated carbocycles. The molecule has 1 fully saturated rings. The van der Waals surface area contributed by atoms with Crippen molar-refractivity contribution < 1.29 is 4.74 Å². The average molecular weight is 273 g/mol. The molecular formula is C18H27NO. The first-order valence-electron chi connectivity index (χ1n) is 8.00. The molecule has 0 spiro atoms. The second-order valence-corrected chi connectivity index (χ2v) is 7.28. The second-order valence-electron chi connectivity index (χ2n) is 7.28. The molecule has 0 radical (unpaired) electrons. The summed E-state index contributed by atoms with van der Waals surface area (Å²) in [5.74, 6) is 0.990. The van der Waals surface area contributed by atoms with E-state index in [1.807, 2.05) is 0 Å². The van der Waals surface area contributed by atoms with Crippen molar-refractivity contribution in [3.63, 3.8) is 0 Å². The Morgan fingerprint density at radius 2 is 2.10 bits per heavy atom. The fourth-order valence-electron chi connectivity index (χ4n) is 3.94. The molecule has 0 bridgehead atoms. The highest BCUT2D eigenvalue weighted by Crippen LogP contribution is 2.39. The van der Waals surface area contributed by atoms with E-state index in [0.29, 0.717) is 17.5 Å². The maximum absolute atomic E-state index is 5.40. The number of fused-ring (bicyclic) bond motifs is 1. The van der Waals surface area contributed by atoms with Crippen molar-refractivity contribution in [1.29, 1.82) is 0 Å². The van der Waals surface area contributed by atoms with Crippen LogP contribution in [0.2, 0.25) is 0 Å². The predicted molar refractivity (Wildman–Crippen MR) is 83.2 cm³/mol. The van der Waals surface area contributed by atoms with Gasteiger partial charge in [-0.3, -0.25) is 0 Å². The third kappa shape index (κ3) is 2.85. The Morgan fingerprint density at radius 1 is 1.25 bits per heavy atom. The van der Waals surface area contributed by atoms with Gasteiger partial charge < -0.3 is 10.1 Å². The lowest BCUT2D eigenvalue weighted by Gasteiger charge is -2.30. The van der Waals surface area contributed by atoms with Crippen molar-refractivity contribution in [2.45, 2.75) is 64.5 Å². The van der Waals surface area contributed by atoms with E-state index in [0.717, 1.165) is 5.75 Å². The summed E-state index contributed by atoms with van der Waals surface area (Å²) in [5, 5.41) is 3.93. The minimum absolute atomic E-state index is 0.517. The largest absolute Gasteiger partial charge is 0.497 e. The number of hydrogen-bond acceptors (Lipinski definition) is 2. The van der Waals surface area contributed by atoms with Gasteiger partial charge in [0.15, 0.2) is 0 Å². The third-order valence-corrected chi connectivity index (χ3v) is 5.07. The van der Waals surface area contributed by atoms with E-state index in [2.05, 4.69) is 37.4 Å². The minimum Gasteiger partial charge on any atom is -0.497 e. The molecule has 2 aliphatic rings. The lowest BCUT2D eigenvalue weighted by atomic mass is 9.86. The van der Waals surface area contributed by atoms with Crippen molar-refractivity contribution in [3.05, 3.63) is 29.3 Å². The lowest BCUT2D eigenvalue weighted by Crippen LogP contribution is -2.33. The van der Waals surface area contributed by atoms with Gasteiger partial charge >= 0.3 is 0 Å². The molecule has 0 amide bonds. The summed E-state index contributed by atoms with van der Waals surface area (Å²) in [6.07, 6.45) is 7.76. The number of benzene rings is 1. The Kier molecular flexibility index (Phi) is 3.76. The molecule has 0 heterocycles. The van der Waals surface area contributed by atoms with Gasteiger partial charge in [0.05, 0.1) is 7.11 Å². The summed E-state index contributed by atoms with van der Waals surface area (Å²) < 4.78 is 5.40. The van der Waals surface area contributed by atoms with E-state index < -0.39 is 0 Å². The van der Waals surface area contributed by atoms with E-state index in [4.69, 9.17) is 4.74 Å². The van der Waals surface area contributed by atoms with Crippen molar-refractivity contribution in [2.75, 3.05) is 7.11 Å². The SMILES string of the molecule is COc1ccc2c(c1)C(NC1CCC(C)(C)C1)CCC2. The van der Waals surface area contributed by atoms with Crippen LogP contribution in [0, 0.1) is 5.41 Å². The van der Waals surface area contributed by atoms with Crippen LogP contribution < -0.4 is 10.1 Å². The molecule has 2 nitrogen and oxygen atoms in total. The van der Waals surface area contributed by atoms with Crippen LogP contribution in [0.1, 0.15) is 63.1 Å². The fraction of sp³-hybridized carbons (Fsp3) is 0.667. The first-order chi connectivity index (χ1) is 9.57. The number of rotatable bonds is 3. The molecule has 0 saturated heterocycles. The first-order valence-corrected chi connectivity index (χ1v) is 8.00. The summed E-state index contributed by atoms with van der Waals surface area (Å²) in [6.45, 7) is 4.79. The normalized spacial score (nSPS) is 28.1. The van der Waals surface area contributed by atoms with E-state index in [1.165, 1.54) is 49.7 Å². The summed E-state index contributed by atoms with van der Waals surface area (Å²) in [4.78, 5) is 0. The van der Waals surface area contributed by atoms with E-state index >= 15 is 0 Å². The van der Waals surface area contributed by atoms with Crippen molar-refractivity contribution in [3.8, 4) is 5.75 Å². The van der Waals surface area contributed by atoms with Crippen LogP contribution in [0.3, 0.4) is 0 Å². The number of ether oxygens (including phenoxy) is 1. The molecular weight excluding hydrogens is 246 g/mol. The molecule has 3 rings (SSSR count). The van der Waals surface area contributed by atoms with Gasteiger partial charge in [-0.05, 0) is 67.2 Å². The summed E-state index contributed by atoms with van der Waals surface area (Å²) in [5.41, 5.74) is 3.50.